The van der Waals surface area contributed by atoms with Gasteiger partial charge in [0.15, 0.2) is 5.82 Å². The van der Waals surface area contributed by atoms with Gasteiger partial charge in [-0.2, -0.15) is 0 Å². The molecule has 0 saturated carbocycles. The predicted molar refractivity (Wildman–Crippen MR) is 119 cm³/mol. The first-order chi connectivity index (χ1) is 15.8. The smallest absolute Gasteiger partial charge is 0.406 e. The zero-order chi connectivity index (χ0) is 23.2. The van der Waals surface area contributed by atoms with Crippen LogP contribution >= 0.6 is 0 Å². The Kier molecular flexibility index (Phi) is 4.70. The molecule has 4 N–H and O–H groups in total. The number of rotatable bonds is 3. The molecule has 5 rings (SSSR count). The number of alkyl halides is 3. The minimum Gasteiger partial charge on any atom is -0.406 e. The normalized spacial score (nSPS) is 11.7. The molecular weight excluding hydrogens is 433 g/mol. The molecule has 0 bridgehead atoms. The summed E-state index contributed by atoms with van der Waals surface area (Å²) in [6.45, 7) is 0. The second-order valence-corrected chi connectivity index (χ2v) is 7.21. The number of nitrogens with zero attached hydrogens (tertiary/aromatic N) is 4. The van der Waals surface area contributed by atoms with Crippen molar-refractivity contribution in [3.8, 4) is 28.3 Å². The van der Waals surface area contributed by atoms with Crippen molar-refractivity contribution < 1.29 is 17.9 Å². The second-order valence-electron chi connectivity index (χ2n) is 7.21. The number of ether oxygens (including phenoxy) is 1. The van der Waals surface area contributed by atoms with Crippen LogP contribution in [0.25, 0.3) is 44.3 Å². The average molecular weight is 448 g/mol. The van der Waals surface area contributed by atoms with Gasteiger partial charge in [-0.15, -0.1) is 13.2 Å². The fourth-order valence-corrected chi connectivity index (χ4v) is 3.59. The summed E-state index contributed by atoms with van der Waals surface area (Å²) < 4.78 is 41.9. The topological polar surface area (TPSA) is 113 Å². The van der Waals surface area contributed by atoms with Crippen molar-refractivity contribution in [3.05, 3.63) is 66.9 Å². The van der Waals surface area contributed by atoms with Crippen molar-refractivity contribution in [2.75, 3.05) is 11.5 Å². The van der Waals surface area contributed by atoms with E-state index < -0.39 is 6.36 Å². The van der Waals surface area contributed by atoms with Crippen LogP contribution in [0.4, 0.5) is 24.9 Å². The molecule has 0 aliphatic heterocycles. The van der Waals surface area contributed by atoms with Crippen molar-refractivity contribution >= 4 is 33.6 Å². The molecule has 0 radical (unpaired) electrons. The van der Waals surface area contributed by atoms with Gasteiger partial charge < -0.3 is 16.2 Å². The number of hydrogen-bond acceptors (Lipinski definition) is 7. The molecule has 0 amide bonds. The Morgan fingerprint density at radius 1 is 0.818 bits per heavy atom. The van der Waals surface area contributed by atoms with Crippen molar-refractivity contribution in [2.24, 2.45) is 0 Å². The molecule has 0 spiro atoms. The molecule has 33 heavy (non-hydrogen) atoms. The van der Waals surface area contributed by atoms with Gasteiger partial charge in [-0.25, -0.2) is 19.9 Å². The number of aromatic nitrogens is 4. The van der Waals surface area contributed by atoms with Crippen molar-refractivity contribution in [1.29, 1.82) is 0 Å². The van der Waals surface area contributed by atoms with E-state index in [9.17, 15) is 13.2 Å². The zero-order valence-corrected chi connectivity index (χ0v) is 16.8. The van der Waals surface area contributed by atoms with Crippen LogP contribution in [-0.2, 0) is 0 Å². The summed E-state index contributed by atoms with van der Waals surface area (Å²) in [6.07, 6.45) is -3.17. The molecule has 0 aliphatic carbocycles. The molecule has 0 saturated heterocycles. The van der Waals surface area contributed by atoms with E-state index in [1.54, 1.807) is 18.3 Å². The lowest BCUT2D eigenvalue weighted by atomic mass is 10.0. The van der Waals surface area contributed by atoms with Gasteiger partial charge in [-0.05, 0) is 35.9 Å². The molecule has 0 fully saturated rings. The van der Waals surface area contributed by atoms with Gasteiger partial charge >= 0.3 is 6.36 Å². The Labute approximate surface area is 184 Å². The van der Waals surface area contributed by atoms with Gasteiger partial charge in [0, 0.05) is 28.1 Å². The lowest BCUT2D eigenvalue weighted by Gasteiger charge is -2.12. The van der Waals surface area contributed by atoms with Crippen LogP contribution in [-0.4, -0.2) is 26.3 Å². The molecule has 0 unspecified atom stereocenters. The van der Waals surface area contributed by atoms with E-state index in [1.807, 2.05) is 30.3 Å². The number of nitrogens with two attached hydrogens (primary N) is 2. The monoisotopic (exact) mass is 448 g/mol. The van der Waals surface area contributed by atoms with E-state index in [0.717, 1.165) is 16.5 Å². The summed E-state index contributed by atoms with van der Waals surface area (Å²) in [4.78, 5) is 17.2. The van der Waals surface area contributed by atoms with E-state index in [2.05, 4.69) is 24.7 Å². The van der Waals surface area contributed by atoms with Crippen molar-refractivity contribution in [3.63, 3.8) is 0 Å². The third kappa shape index (κ3) is 4.05. The van der Waals surface area contributed by atoms with Crippen LogP contribution < -0.4 is 16.2 Å². The first-order valence-electron chi connectivity index (χ1n) is 9.72. The first-order valence-corrected chi connectivity index (χ1v) is 9.72. The maximum Gasteiger partial charge on any atom is 0.573 e. The van der Waals surface area contributed by atoms with Gasteiger partial charge in [0.05, 0.1) is 11.0 Å². The predicted octanol–water partition coefficient (Wildman–Crippen LogP) is 4.97. The number of anilines is 2. The Morgan fingerprint density at radius 3 is 2.45 bits per heavy atom. The highest BCUT2D eigenvalue weighted by Crippen LogP contribution is 2.34. The molecule has 164 valence electrons. The maximum absolute atomic E-state index is 12.6. The van der Waals surface area contributed by atoms with Gasteiger partial charge in [0.1, 0.15) is 11.6 Å². The molecule has 3 aromatic carbocycles. The lowest BCUT2D eigenvalue weighted by Crippen LogP contribution is -2.17. The molecule has 2 heterocycles. The molecule has 5 aromatic rings. The Bertz CT molecular complexity index is 1520. The Hall–Kier alpha value is -4.47. The van der Waals surface area contributed by atoms with Crippen molar-refractivity contribution in [1.82, 2.24) is 19.9 Å². The van der Waals surface area contributed by atoms with E-state index in [1.165, 1.54) is 18.2 Å². The number of benzene rings is 3. The molecule has 2 aromatic heterocycles. The van der Waals surface area contributed by atoms with Gasteiger partial charge in [0.2, 0.25) is 5.95 Å². The van der Waals surface area contributed by atoms with Crippen LogP contribution in [0.5, 0.6) is 5.75 Å². The van der Waals surface area contributed by atoms with Crippen LogP contribution in [0.15, 0.2) is 66.9 Å². The van der Waals surface area contributed by atoms with E-state index in [-0.39, 0.29) is 23.3 Å². The number of fused-ring (bicyclic) bond motifs is 2. The molecular formula is C23H15F3N6O. The number of nitrogen functional groups attached to an aromatic ring is 2. The minimum absolute atomic E-state index is 0.178. The number of para-hydroxylation sites is 1. The quantitative estimate of drug-likeness (QED) is 0.401. The highest BCUT2D eigenvalue weighted by molar-refractivity contribution is 6.00. The summed E-state index contributed by atoms with van der Waals surface area (Å²) in [5.74, 6) is 0.194. The van der Waals surface area contributed by atoms with Crippen LogP contribution in [0.1, 0.15) is 0 Å². The SMILES string of the molecule is Nc1ncc2cc(-c3cccc4c(N)nc(-c5cccc(OC(F)(F)F)c5)nc34)ccc2n1. The number of hydrogen-bond donors (Lipinski definition) is 2. The largest absolute Gasteiger partial charge is 0.573 e. The van der Waals surface area contributed by atoms with Gasteiger partial charge in [-0.1, -0.05) is 30.3 Å². The second kappa shape index (κ2) is 7.59. The maximum atomic E-state index is 12.6. The zero-order valence-electron chi connectivity index (χ0n) is 16.8. The molecule has 7 nitrogen and oxygen atoms in total. The fraction of sp³-hybridized carbons (Fsp3) is 0.0435. The Morgan fingerprint density at radius 2 is 1.64 bits per heavy atom. The molecule has 0 aliphatic rings. The number of halogens is 3. The van der Waals surface area contributed by atoms with E-state index >= 15 is 0 Å². The summed E-state index contributed by atoms with van der Waals surface area (Å²) in [5.41, 5.74) is 15.0. The van der Waals surface area contributed by atoms with Crippen LogP contribution in [0.3, 0.4) is 0 Å². The lowest BCUT2D eigenvalue weighted by molar-refractivity contribution is -0.274. The average Bonchev–Trinajstić information content (AvgIpc) is 2.77. The summed E-state index contributed by atoms with van der Waals surface area (Å²) in [6, 6.07) is 16.5. The van der Waals surface area contributed by atoms with Gasteiger partial charge in [-0.3, -0.25) is 0 Å². The van der Waals surface area contributed by atoms with Crippen LogP contribution in [0.2, 0.25) is 0 Å². The van der Waals surface area contributed by atoms with E-state index in [0.29, 0.717) is 22.0 Å². The summed E-state index contributed by atoms with van der Waals surface area (Å²) in [7, 11) is 0. The summed E-state index contributed by atoms with van der Waals surface area (Å²) >= 11 is 0. The van der Waals surface area contributed by atoms with E-state index in [4.69, 9.17) is 11.5 Å². The highest BCUT2D eigenvalue weighted by atomic mass is 19.4. The van der Waals surface area contributed by atoms with Gasteiger partial charge in [0.25, 0.3) is 0 Å². The minimum atomic E-state index is -4.81. The molecule has 10 heteroatoms. The third-order valence-corrected chi connectivity index (χ3v) is 4.99. The molecule has 0 atom stereocenters. The van der Waals surface area contributed by atoms with Crippen LogP contribution in [0, 0.1) is 0 Å². The Balaban J connectivity index is 1.66. The standard InChI is InChI=1S/C23H15F3N6O/c24-23(25,26)33-15-4-1-3-13(10-15)21-31-19-16(5-2-6-17(19)20(27)32-21)12-7-8-18-14(9-12)11-29-22(28)30-18/h1-11H,(H2,27,31,32)(H2,28,29,30). The highest BCUT2D eigenvalue weighted by Gasteiger charge is 2.31. The fourth-order valence-electron chi connectivity index (χ4n) is 3.59. The first kappa shape index (κ1) is 20.4. The van der Waals surface area contributed by atoms with Crippen molar-refractivity contribution in [2.45, 2.75) is 6.36 Å². The summed E-state index contributed by atoms with van der Waals surface area (Å²) in [5, 5.41) is 1.41. The third-order valence-electron chi connectivity index (χ3n) is 4.99.